The van der Waals surface area contributed by atoms with Crippen LogP contribution in [0.25, 0.3) is 22.7 Å². The first-order valence-corrected chi connectivity index (χ1v) is 10.8. The number of fused-ring (bicyclic) bond motifs is 1. The van der Waals surface area contributed by atoms with Crippen molar-refractivity contribution in [2.45, 2.75) is 25.9 Å². The first-order chi connectivity index (χ1) is 16.7. The van der Waals surface area contributed by atoms with Crippen molar-refractivity contribution >= 4 is 34.5 Å². The van der Waals surface area contributed by atoms with Crippen molar-refractivity contribution < 1.29 is 32.0 Å². The number of nitrogens with zero attached hydrogens (tertiary/aromatic N) is 3. The highest BCUT2D eigenvalue weighted by Crippen LogP contribution is 2.30. The van der Waals surface area contributed by atoms with Gasteiger partial charge < -0.3 is 14.0 Å². The fourth-order valence-electron chi connectivity index (χ4n) is 3.01. The number of benzene rings is 2. The van der Waals surface area contributed by atoms with Crippen LogP contribution in [0.2, 0.25) is 5.02 Å². The Labute approximate surface area is 202 Å². The van der Waals surface area contributed by atoms with Gasteiger partial charge in [-0.15, -0.1) is 0 Å². The van der Waals surface area contributed by atoms with Crippen LogP contribution in [0.1, 0.15) is 24.7 Å². The molecule has 0 unspecified atom stereocenters. The van der Waals surface area contributed by atoms with Gasteiger partial charge in [-0.2, -0.15) is 23.1 Å². The van der Waals surface area contributed by atoms with E-state index in [9.17, 15) is 18.0 Å². The maximum Gasteiger partial charge on any atom is 0.493 e. The van der Waals surface area contributed by atoms with Crippen LogP contribution < -0.4 is 10.2 Å². The Morgan fingerprint density at radius 2 is 1.89 bits per heavy atom. The molecule has 0 atom stereocenters. The first kappa shape index (κ1) is 24.3. The van der Waals surface area contributed by atoms with Crippen LogP contribution in [-0.4, -0.2) is 33.7 Å². The summed E-state index contributed by atoms with van der Waals surface area (Å²) in [6, 6.07) is 13.2. The lowest BCUT2D eigenvalue weighted by atomic mass is 10.1. The Balaban J connectivity index is 1.63. The highest BCUT2D eigenvalue weighted by Gasteiger charge is 2.41. The highest BCUT2D eigenvalue weighted by atomic mass is 35.5. The summed E-state index contributed by atoms with van der Waals surface area (Å²) in [5.41, 5.74) is 3.88. The molecule has 35 heavy (non-hydrogen) atoms. The highest BCUT2D eigenvalue weighted by molar-refractivity contribution is 6.30. The number of hydrogen-bond donors (Lipinski definition) is 1. The van der Waals surface area contributed by atoms with Crippen molar-refractivity contribution in [3.8, 4) is 17.3 Å². The van der Waals surface area contributed by atoms with Gasteiger partial charge >= 0.3 is 12.1 Å². The molecule has 0 aliphatic carbocycles. The van der Waals surface area contributed by atoms with E-state index in [1.165, 1.54) is 18.2 Å². The number of oxazole rings is 1. The molecule has 2 aromatic carbocycles. The molecule has 0 spiro atoms. The SMILES string of the molecule is CCCOc1nc(Cc2ccc(Cl)cc2)nc2oc(-c3cccc(NOC(=O)C(F)(F)F)c3)nc12. The molecule has 0 bridgehead atoms. The molecule has 0 aliphatic heterocycles. The number of carbonyl (C=O) groups excluding carboxylic acids is 1. The number of hydrogen-bond acceptors (Lipinski definition) is 8. The number of alkyl halides is 3. The number of anilines is 1. The number of ether oxygens (including phenoxy) is 1. The molecular formula is C23H18ClF3N4O4. The summed E-state index contributed by atoms with van der Waals surface area (Å²) in [4.78, 5) is 28.4. The summed E-state index contributed by atoms with van der Waals surface area (Å²) >= 11 is 5.95. The Hall–Kier alpha value is -3.86. The molecular weight excluding hydrogens is 489 g/mol. The number of nitrogens with one attached hydrogen (secondary N) is 1. The predicted octanol–water partition coefficient (Wildman–Crippen LogP) is 5.75. The van der Waals surface area contributed by atoms with Gasteiger partial charge in [0, 0.05) is 17.0 Å². The maximum atomic E-state index is 12.4. The van der Waals surface area contributed by atoms with Crippen molar-refractivity contribution in [1.29, 1.82) is 0 Å². The third-order valence-electron chi connectivity index (χ3n) is 4.59. The molecule has 12 heteroatoms. The molecule has 0 amide bonds. The molecule has 2 aromatic heterocycles. The van der Waals surface area contributed by atoms with Crippen LogP contribution in [0.3, 0.4) is 0 Å². The van der Waals surface area contributed by atoms with Crippen molar-refractivity contribution in [3.05, 3.63) is 64.9 Å². The van der Waals surface area contributed by atoms with Gasteiger partial charge in [0.2, 0.25) is 11.8 Å². The summed E-state index contributed by atoms with van der Waals surface area (Å²) in [6.45, 7) is 2.35. The summed E-state index contributed by atoms with van der Waals surface area (Å²) in [6.07, 6.45) is -3.98. The number of aromatic nitrogens is 3. The Morgan fingerprint density at radius 1 is 1.11 bits per heavy atom. The van der Waals surface area contributed by atoms with E-state index >= 15 is 0 Å². The molecule has 0 saturated heterocycles. The third-order valence-corrected chi connectivity index (χ3v) is 4.85. The van der Waals surface area contributed by atoms with Crippen LogP contribution in [0.4, 0.5) is 18.9 Å². The van der Waals surface area contributed by atoms with Gasteiger partial charge in [0.15, 0.2) is 5.52 Å². The molecule has 0 aliphatic rings. The quantitative estimate of drug-likeness (QED) is 0.302. The van der Waals surface area contributed by atoms with Gasteiger partial charge in [0.25, 0.3) is 5.71 Å². The summed E-state index contributed by atoms with van der Waals surface area (Å²) in [5.74, 6) is -1.54. The summed E-state index contributed by atoms with van der Waals surface area (Å²) in [7, 11) is 0. The minimum absolute atomic E-state index is 0.0827. The zero-order valence-corrected chi connectivity index (χ0v) is 19.0. The molecule has 8 nitrogen and oxygen atoms in total. The van der Waals surface area contributed by atoms with E-state index in [1.54, 1.807) is 18.2 Å². The largest absolute Gasteiger partial charge is 0.493 e. The van der Waals surface area contributed by atoms with E-state index in [-0.39, 0.29) is 23.2 Å². The summed E-state index contributed by atoms with van der Waals surface area (Å²) in [5, 5.41) is 0.613. The normalized spacial score (nSPS) is 11.5. The lowest BCUT2D eigenvalue weighted by Crippen LogP contribution is -2.27. The smallest absolute Gasteiger partial charge is 0.476 e. The Kier molecular flexibility index (Phi) is 7.06. The van der Waals surface area contributed by atoms with Crippen molar-refractivity contribution in [1.82, 2.24) is 15.0 Å². The zero-order chi connectivity index (χ0) is 25.0. The molecule has 0 saturated carbocycles. The maximum absolute atomic E-state index is 12.4. The minimum atomic E-state index is -5.12. The van der Waals surface area contributed by atoms with Crippen molar-refractivity contribution in [3.63, 3.8) is 0 Å². The minimum Gasteiger partial charge on any atom is -0.476 e. The number of halogens is 4. The average Bonchev–Trinajstić information content (AvgIpc) is 3.26. The molecule has 0 radical (unpaired) electrons. The van der Waals surface area contributed by atoms with Crippen LogP contribution in [0, 0.1) is 0 Å². The van der Waals surface area contributed by atoms with E-state index < -0.39 is 12.1 Å². The Bertz CT molecular complexity index is 1340. The second-order valence-electron chi connectivity index (χ2n) is 7.34. The second-order valence-corrected chi connectivity index (χ2v) is 7.78. The lowest BCUT2D eigenvalue weighted by molar-refractivity contribution is -0.196. The fraction of sp³-hybridized carbons (Fsp3) is 0.217. The van der Waals surface area contributed by atoms with Gasteiger partial charge in [-0.1, -0.05) is 36.7 Å². The molecule has 4 rings (SSSR count). The fourth-order valence-corrected chi connectivity index (χ4v) is 3.13. The first-order valence-electron chi connectivity index (χ1n) is 10.4. The van der Waals surface area contributed by atoms with Crippen LogP contribution in [0.15, 0.2) is 52.9 Å². The molecule has 182 valence electrons. The van der Waals surface area contributed by atoms with Gasteiger partial charge in [0.05, 0.1) is 12.3 Å². The van der Waals surface area contributed by atoms with E-state index in [0.717, 1.165) is 12.0 Å². The van der Waals surface area contributed by atoms with E-state index in [1.807, 2.05) is 24.5 Å². The molecule has 1 N–H and O–H groups in total. The predicted molar refractivity (Wildman–Crippen MR) is 121 cm³/mol. The van der Waals surface area contributed by atoms with Gasteiger partial charge in [0.1, 0.15) is 5.82 Å². The molecule has 0 fully saturated rings. The molecule has 4 aromatic rings. The topological polar surface area (TPSA) is 99.4 Å². The second kappa shape index (κ2) is 10.2. The van der Waals surface area contributed by atoms with Gasteiger partial charge in [-0.25, -0.2) is 15.3 Å². The average molecular weight is 507 g/mol. The van der Waals surface area contributed by atoms with Gasteiger partial charge in [-0.05, 0) is 42.3 Å². The van der Waals surface area contributed by atoms with Crippen LogP contribution >= 0.6 is 11.6 Å². The molecule has 2 heterocycles. The van der Waals surface area contributed by atoms with Crippen LogP contribution in [0.5, 0.6) is 5.88 Å². The van der Waals surface area contributed by atoms with Gasteiger partial charge in [-0.3, -0.25) is 0 Å². The van der Waals surface area contributed by atoms with E-state index in [4.69, 9.17) is 20.8 Å². The van der Waals surface area contributed by atoms with Crippen molar-refractivity contribution in [2.24, 2.45) is 0 Å². The number of rotatable bonds is 8. The number of carbonyl (C=O) groups is 1. The lowest BCUT2D eigenvalue weighted by Gasteiger charge is -2.08. The van der Waals surface area contributed by atoms with E-state index in [0.29, 0.717) is 35.0 Å². The third kappa shape index (κ3) is 5.99. The Morgan fingerprint density at radius 3 is 2.60 bits per heavy atom. The zero-order valence-electron chi connectivity index (χ0n) is 18.2. The summed E-state index contributed by atoms with van der Waals surface area (Å²) < 4.78 is 48.7. The van der Waals surface area contributed by atoms with Crippen LogP contribution in [-0.2, 0) is 16.1 Å². The van der Waals surface area contributed by atoms with E-state index in [2.05, 4.69) is 19.8 Å². The van der Waals surface area contributed by atoms with Crippen molar-refractivity contribution in [2.75, 3.05) is 12.1 Å². The monoisotopic (exact) mass is 506 g/mol. The standard InChI is InChI=1S/C23H18ClF3N4O4/c1-2-10-33-20-18-21(29-17(28-20)11-13-6-8-15(24)9-7-13)34-19(30-18)14-4-3-5-16(12-14)31-35-22(32)23(25,26)27/h3-9,12,31H,2,10-11H2,1H3.